The number of hydrogen-bond acceptors (Lipinski definition) is 4. The Labute approximate surface area is 158 Å². The number of carbonyl (C=O) groups is 2. The van der Waals surface area contributed by atoms with Gasteiger partial charge in [-0.1, -0.05) is 42.5 Å². The summed E-state index contributed by atoms with van der Waals surface area (Å²) in [5.41, 5.74) is 0.858. The number of carboxylic acids is 1. The Hall–Kier alpha value is -2.41. The Balaban J connectivity index is 1.70. The standard InChI is InChI=1S/C20H23NO5S/c1-27(25,26)20(9-4-10-20)19(24)21-13-17(18(22)23)12-14-7-8-15-5-2-3-6-16(15)11-14/h2-3,5-8,11,17H,4,9-10,12-13H2,1H3,(H,21,24)(H,22,23). The molecule has 0 bridgehead atoms. The Morgan fingerprint density at radius 2 is 1.81 bits per heavy atom. The maximum atomic E-state index is 12.5. The largest absolute Gasteiger partial charge is 0.481 e. The second-order valence-corrected chi connectivity index (χ2v) is 9.58. The second kappa shape index (κ2) is 7.31. The predicted molar refractivity (Wildman–Crippen MR) is 103 cm³/mol. The maximum Gasteiger partial charge on any atom is 0.308 e. The van der Waals surface area contributed by atoms with Crippen LogP contribution in [0.4, 0.5) is 0 Å². The number of aliphatic carboxylic acids is 1. The van der Waals surface area contributed by atoms with E-state index in [-0.39, 0.29) is 13.0 Å². The molecule has 2 aromatic carbocycles. The van der Waals surface area contributed by atoms with E-state index in [1.54, 1.807) is 0 Å². The van der Waals surface area contributed by atoms with Gasteiger partial charge in [-0.3, -0.25) is 9.59 Å². The number of sulfone groups is 1. The molecule has 27 heavy (non-hydrogen) atoms. The fraction of sp³-hybridized carbons (Fsp3) is 0.400. The van der Waals surface area contributed by atoms with E-state index in [2.05, 4.69) is 5.32 Å². The predicted octanol–water partition coefficient (Wildman–Crippen LogP) is 2.17. The zero-order valence-corrected chi connectivity index (χ0v) is 16.0. The van der Waals surface area contributed by atoms with Gasteiger partial charge in [0.05, 0.1) is 5.92 Å². The molecule has 1 unspecified atom stereocenters. The van der Waals surface area contributed by atoms with E-state index in [1.165, 1.54) is 0 Å². The molecule has 0 aliphatic heterocycles. The molecule has 1 amide bonds. The highest BCUT2D eigenvalue weighted by Crippen LogP contribution is 2.39. The number of rotatable bonds is 7. The number of fused-ring (bicyclic) bond motifs is 1. The molecule has 3 rings (SSSR count). The zero-order chi connectivity index (χ0) is 19.7. The van der Waals surface area contributed by atoms with Crippen LogP contribution < -0.4 is 5.32 Å². The van der Waals surface area contributed by atoms with Crippen LogP contribution in [0.25, 0.3) is 10.8 Å². The van der Waals surface area contributed by atoms with Crippen LogP contribution in [-0.4, -0.2) is 42.9 Å². The molecule has 1 saturated carbocycles. The molecule has 1 aliphatic carbocycles. The van der Waals surface area contributed by atoms with Gasteiger partial charge in [0, 0.05) is 12.8 Å². The lowest BCUT2D eigenvalue weighted by atomic mass is 9.83. The summed E-state index contributed by atoms with van der Waals surface area (Å²) in [6, 6.07) is 13.6. The van der Waals surface area contributed by atoms with Crippen LogP contribution in [-0.2, 0) is 25.8 Å². The Morgan fingerprint density at radius 3 is 2.37 bits per heavy atom. The van der Waals surface area contributed by atoms with E-state index < -0.39 is 32.4 Å². The van der Waals surface area contributed by atoms with Gasteiger partial charge in [0.25, 0.3) is 0 Å². The molecule has 1 atom stereocenters. The van der Waals surface area contributed by atoms with Gasteiger partial charge < -0.3 is 10.4 Å². The van der Waals surface area contributed by atoms with E-state index in [1.807, 2.05) is 42.5 Å². The number of hydrogen-bond donors (Lipinski definition) is 2. The van der Waals surface area contributed by atoms with Crippen molar-refractivity contribution in [1.29, 1.82) is 0 Å². The van der Waals surface area contributed by atoms with Crippen LogP contribution in [0.5, 0.6) is 0 Å². The lowest BCUT2D eigenvalue weighted by molar-refractivity contribution is -0.141. The quantitative estimate of drug-likeness (QED) is 0.756. The van der Waals surface area contributed by atoms with Crippen LogP contribution in [0.3, 0.4) is 0 Å². The van der Waals surface area contributed by atoms with Crippen molar-refractivity contribution in [2.24, 2.45) is 5.92 Å². The van der Waals surface area contributed by atoms with Crippen molar-refractivity contribution in [2.75, 3.05) is 12.8 Å². The van der Waals surface area contributed by atoms with Crippen molar-refractivity contribution in [3.63, 3.8) is 0 Å². The monoisotopic (exact) mass is 389 g/mol. The molecule has 7 heteroatoms. The van der Waals surface area contributed by atoms with Gasteiger partial charge in [0.2, 0.25) is 5.91 Å². The lowest BCUT2D eigenvalue weighted by Gasteiger charge is -2.38. The first-order valence-electron chi connectivity index (χ1n) is 8.91. The summed E-state index contributed by atoms with van der Waals surface area (Å²) in [7, 11) is -3.54. The van der Waals surface area contributed by atoms with Gasteiger partial charge in [-0.05, 0) is 42.0 Å². The van der Waals surface area contributed by atoms with E-state index in [4.69, 9.17) is 0 Å². The summed E-state index contributed by atoms with van der Waals surface area (Å²) in [6.07, 6.45) is 2.59. The Kier molecular flexibility index (Phi) is 5.24. The van der Waals surface area contributed by atoms with Crippen LogP contribution >= 0.6 is 0 Å². The van der Waals surface area contributed by atoms with E-state index >= 15 is 0 Å². The fourth-order valence-electron chi connectivity index (χ4n) is 3.54. The summed E-state index contributed by atoms with van der Waals surface area (Å²) >= 11 is 0. The molecule has 2 N–H and O–H groups in total. The molecular weight excluding hydrogens is 366 g/mol. The minimum Gasteiger partial charge on any atom is -0.481 e. The SMILES string of the molecule is CS(=O)(=O)C1(C(=O)NCC(Cc2ccc3ccccc3c2)C(=O)O)CCC1. The number of carbonyl (C=O) groups excluding carboxylic acids is 1. The van der Waals surface area contributed by atoms with Crippen LogP contribution in [0.15, 0.2) is 42.5 Å². The minimum absolute atomic E-state index is 0.0989. The highest BCUT2D eigenvalue weighted by molar-refractivity contribution is 7.93. The summed E-state index contributed by atoms with van der Waals surface area (Å²) in [5, 5.41) is 14.2. The van der Waals surface area contributed by atoms with Crippen LogP contribution in [0.1, 0.15) is 24.8 Å². The fourth-order valence-corrected chi connectivity index (χ4v) is 4.98. The lowest BCUT2D eigenvalue weighted by Crippen LogP contribution is -2.57. The van der Waals surface area contributed by atoms with Gasteiger partial charge in [-0.15, -0.1) is 0 Å². The van der Waals surface area contributed by atoms with Crippen molar-refractivity contribution >= 4 is 32.5 Å². The smallest absolute Gasteiger partial charge is 0.308 e. The average Bonchev–Trinajstić information content (AvgIpc) is 2.55. The summed E-state index contributed by atoms with van der Waals surface area (Å²) < 4.78 is 22.6. The minimum atomic E-state index is -3.54. The van der Waals surface area contributed by atoms with E-state index in [0.29, 0.717) is 19.3 Å². The topological polar surface area (TPSA) is 101 Å². The summed E-state index contributed by atoms with van der Waals surface area (Å²) in [4.78, 5) is 24.1. The third-order valence-electron chi connectivity index (χ3n) is 5.44. The molecule has 0 spiro atoms. The highest BCUT2D eigenvalue weighted by atomic mass is 32.2. The molecule has 2 aromatic rings. The molecule has 0 saturated heterocycles. The van der Waals surface area contributed by atoms with Gasteiger partial charge in [0.1, 0.15) is 4.75 Å². The summed E-state index contributed by atoms with van der Waals surface area (Å²) in [5.74, 6) is -2.43. The maximum absolute atomic E-state index is 12.5. The number of benzene rings is 2. The number of carboxylic acid groups (broad SMARTS) is 1. The number of nitrogens with one attached hydrogen (secondary N) is 1. The Morgan fingerprint density at radius 1 is 1.15 bits per heavy atom. The van der Waals surface area contributed by atoms with E-state index in [0.717, 1.165) is 22.6 Å². The first-order chi connectivity index (χ1) is 12.7. The normalized spacial score (nSPS) is 17.1. The molecule has 0 radical (unpaired) electrons. The molecule has 0 heterocycles. The molecule has 1 aliphatic rings. The van der Waals surface area contributed by atoms with Gasteiger partial charge >= 0.3 is 5.97 Å². The molecule has 6 nitrogen and oxygen atoms in total. The van der Waals surface area contributed by atoms with Gasteiger partial charge in [-0.2, -0.15) is 0 Å². The first kappa shape index (κ1) is 19.4. The van der Waals surface area contributed by atoms with Crippen molar-refractivity contribution in [3.8, 4) is 0 Å². The van der Waals surface area contributed by atoms with Crippen molar-refractivity contribution in [3.05, 3.63) is 48.0 Å². The van der Waals surface area contributed by atoms with Crippen molar-refractivity contribution < 1.29 is 23.1 Å². The Bertz CT molecular complexity index is 979. The number of amides is 1. The average molecular weight is 389 g/mol. The summed E-state index contributed by atoms with van der Waals surface area (Å²) in [6.45, 7) is -0.0989. The van der Waals surface area contributed by atoms with Crippen LogP contribution in [0, 0.1) is 5.92 Å². The molecule has 144 valence electrons. The zero-order valence-electron chi connectivity index (χ0n) is 15.1. The molecule has 0 aromatic heterocycles. The third kappa shape index (κ3) is 3.83. The highest BCUT2D eigenvalue weighted by Gasteiger charge is 2.52. The van der Waals surface area contributed by atoms with Crippen LogP contribution in [0.2, 0.25) is 0 Å². The van der Waals surface area contributed by atoms with Gasteiger partial charge in [0.15, 0.2) is 9.84 Å². The second-order valence-electron chi connectivity index (χ2n) is 7.25. The first-order valence-corrected chi connectivity index (χ1v) is 10.8. The van der Waals surface area contributed by atoms with Gasteiger partial charge in [-0.25, -0.2) is 8.42 Å². The molecular formula is C20H23NO5S. The molecule has 1 fully saturated rings. The van der Waals surface area contributed by atoms with Crippen molar-refractivity contribution in [2.45, 2.75) is 30.4 Å². The van der Waals surface area contributed by atoms with Crippen molar-refractivity contribution in [1.82, 2.24) is 5.32 Å². The third-order valence-corrected chi connectivity index (χ3v) is 7.45. The van der Waals surface area contributed by atoms with E-state index in [9.17, 15) is 23.1 Å².